The number of piperidine rings is 1. The predicted octanol–water partition coefficient (Wildman–Crippen LogP) is 4.38. The second-order valence-electron chi connectivity index (χ2n) is 9.33. The Morgan fingerprint density at radius 3 is 2.52 bits per heavy atom. The zero-order valence-electron chi connectivity index (χ0n) is 19.5. The number of aryl methyl sites for hydroxylation is 1. The van der Waals surface area contributed by atoms with Gasteiger partial charge in [0.1, 0.15) is 5.82 Å². The fraction of sp³-hybridized carbons (Fsp3) is 0.500. The average Bonchev–Trinajstić information content (AvgIpc) is 2.85. The monoisotopic (exact) mass is 449 g/mol. The van der Waals surface area contributed by atoms with Crippen molar-refractivity contribution in [2.24, 2.45) is 5.92 Å². The van der Waals surface area contributed by atoms with Crippen molar-refractivity contribution in [1.82, 2.24) is 15.6 Å². The molecule has 0 radical (unpaired) electrons. The summed E-state index contributed by atoms with van der Waals surface area (Å²) in [5.74, 6) is 1.04. The van der Waals surface area contributed by atoms with Crippen LogP contribution in [0.4, 0.5) is 16.3 Å². The Morgan fingerprint density at radius 2 is 1.79 bits per heavy atom. The summed E-state index contributed by atoms with van der Waals surface area (Å²) in [5.41, 5.74) is 2.89. The fourth-order valence-electron chi connectivity index (χ4n) is 4.68. The number of urea groups is 1. The van der Waals surface area contributed by atoms with Gasteiger partial charge in [-0.15, -0.1) is 0 Å². The molecule has 4 rings (SSSR count). The molecule has 1 saturated heterocycles. The number of carbonyl (C=O) groups excluding carboxylic acids is 2. The summed E-state index contributed by atoms with van der Waals surface area (Å²) >= 11 is 0. The summed E-state index contributed by atoms with van der Waals surface area (Å²) in [5, 5.41) is 8.97. The molecule has 0 spiro atoms. The zero-order valence-corrected chi connectivity index (χ0v) is 19.5. The van der Waals surface area contributed by atoms with Crippen LogP contribution in [0.1, 0.15) is 56.1 Å². The summed E-state index contributed by atoms with van der Waals surface area (Å²) in [6.45, 7) is 4.09. The van der Waals surface area contributed by atoms with Crippen LogP contribution in [0.25, 0.3) is 0 Å². The van der Waals surface area contributed by atoms with Crippen LogP contribution in [0.5, 0.6) is 0 Å². The van der Waals surface area contributed by atoms with E-state index in [1.165, 1.54) is 24.8 Å². The minimum atomic E-state index is -0.262. The van der Waals surface area contributed by atoms with E-state index in [9.17, 15) is 9.59 Å². The highest BCUT2D eigenvalue weighted by molar-refractivity contribution is 5.89. The first-order valence-electron chi connectivity index (χ1n) is 12.2. The first-order valence-corrected chi connectivity index (χ1v) is 12.2. The highest BCUT2D eigenvalue weighted by Crippen LogP contribution is 2.24. The standard InChI is InChI=1S/C26H35N5O2/c1-19-9-11-20(12-10-19)16-28-26(33)30-23-13-14-24(27-17-23)31-15-5-6-21(18-31)25(32)29-22-7-3-2-4-8-22/h9-14,17,21-22H,2-8,15-16,18H2,1H3,(H,29,32)(H2,28,30,33). The van der Waals surface area contributed by atoms with Crippen LogP contribution >= 0.6 is 0 Å². The number of pyridine rings is 1. The minimum absolute atomic E-state index is 0.00725. The topological polar surface area (TPSA) is 86.4 Å². The third-order valence-electron chi connectivity index (χ3n) is 6.65. The molecule has 3 amide bonds. The molecule has 176 valence electrons. The van der Waals surface area contributed by atoms with Crippen molar-refractivity contribution in [3.05, 3.63) is 53.7 Å². The lowest BCUT2D eigenvalue weighted by Crippen LogP contribution is -2.46. The zero-order chi connectivity index (χ0) is 23.0. The normalized spacial score (nSPS) is 19.1. The molecule has 1 aromatic carbocycles. The van der Waals surface area contributed by atoms with E-state index in [1.807, 2.05) is 43.3 Å². The Kier molecular flexibility index (Phi) is 7.81. The molecule has 3 N–H and O–H groups in total. The lowest BCUT2D eigenvalue weighted by atomic mass is 9.93. The number of aromatic nitrogens is 1. The van der Waals surface area contributed by atoms with Gasteiger partial charge in [-0.1, -0.05) is 49.1 Å². The van der Waals surface area contributed by atoms with Gasteiger partial charge in [-0.2, -0.15) is 0 Å². The molecule has 2 aromatic rings. The van der Waals surface area contributed by atoms with Gasteiger partial charge in [-0.25, -0.2) is 9.78 Å². The van der Waals surface area contributed by atoms with Crippen LogP contribution in [0.15, 0.2) is 42.6 Å². The molecule has 1 aliphatic heterocycles. The number of hydrogen-bond donors (Lipinski definition) is 3. The van der Waals surface area contributed by atoms with Crippen LogP contribution < -0.4 is 20.9 Å². The first kappa shape index (κ1) is 23.1. The number of benzene rings is 1. The van der Waals surface area contributed by atoms with Crippen molar-refractivity contribution in [1.29, 1.82) is 0 Å². The van der Waals surface area contributed by atoms with Gasteiger partial charge in [0.05, 0.1) is 17.8 Å². The van der Waals surface area contributed by atoms with Crippen molar-refractivity contribution < 1.29 is 9.59 Å². The second-order valence-corrected chi connectivity index (χ2v) is 9.33. The number of hydrogen-bond acceptors (Lipinski definition) is 4. The van der Waals surface area contributed by atoms with Crippen molar-refractivity contribution in [3.63, 3.8) is 0 Å². The van der Waals surface area contributed by atoms with Crippen LogP contribution in [-0.4, -0.2) is 36.1 Å². The Bertz CT molecular complexity index is 923. The van der Waals surface area contributed by atoms with E-state index in [4.69, 9.17) is 0 Å². The minimum Gasteiger partial charge on any atom is -0.356 e. The molecular weight excluding hydrogens is 414 g/mol. The maximum Gasteiger partial charge on any atom is 0.319 e. The smallest absolute Gasteiger partial charge is 0.319 e. The van der Waals surface area contributed by atoms with E-state index >= 15 is 0 Å². The average molecular weight is 450 g/mol. The summed E-state index contributed by atoms with van der Waals surface area (Å²) in [6.07, 6.45) is 9.52. The van der Waals surface area contributed by atoms with Gasteiger partial charge >= 0.3 is 6.03 Å². The van der Waals surface area contributed by atoms with Crippen LogP contribution in [-0.2, 0) is 11.3 Å². The first-order chi connectivity index (χ1) is 16.1. The summed E-state index contributed by atoms with van der Waals surface area (Å²) in [6, 6.07) is 11.9. The highest BCUT2D eigenvalue weighted by Gasteiger charge is 2.28. The lowest BCUT2D eigenvalue weighted by molar-refractivity contribution is -0.126. The SMILES string of the molecule is Cc1ccc(CNC(=O)Nc2ccc(N3CCCC(C(=O)NC4CCCCC4)C3)nc2)cc1. The molecule has 2 aliphatic rings. The van der Waals surface area contributed by atoms with E-state index in [0.29, 0.717) is 24.8 Å². The van der Waals surface area contributed by atoms with Crippen LogP contribution in [0, 0.1) is 12.8 Å². The molecule has 2 heterocycles. The molecule has 1 unspecified atom stereocenters. The highest BCUT2D eigenvalue weighted by atomic mass is 16.2. The van der Waals surface area contributed by atoms with Crippen molar-refractivity contribution in [2.45, 2.75) is 64.5 Å². The van der Waals surface area contributed by atoms with Gasteiger partial charge in [0.2, 0.25) is 5.91 Å². The van der Waals surface area contributed by atoms with E-state index in [1.54, 1.807) is 6.20 Å². The third-order valence-corrected chi connectivity index (χ3v) is 6.65. The Labute approximate surface area is 196 Å². The maximum atomic E-state index is 12.8. The molecule has 1 saturated carbocycles. The van der Waals surface area contributed by atoms with Crippen molar-refractivity contribution >= 4 is 23.4 Å². The van der Waals surface area contributed by atoms with E-state index in [0.717, 1.165) is 43.6 Å². The predicted molar refractivity (Wildman–Crippen MR) is 131 cm³/mol. The Hall–Kier alpha value is -3.09. The molecular formula is C26H35N5O2. The van der Waals surface area contributed by atoms with E-state index in [-0.39, 0.29) is 17.9 Å². The molecule has 7 nitrogen and oxygen atoms in total. The van der Waals surface area contributed by atoms with E-state index < -0.39 is 0 Å². The number of carbonyl (C=O) groups is 2. The Balaban J connectivity index is 1.25. The van der Waals surface area contributed by atoms with Crippen molar-refractivity contribution in [2.75, 3.05) is 23.3 Å². The number of anilines is 2. The summed E-state index contributed by atoms with van der Waals surface area (Å²) < 4.78 is 0. The van der Waals surface area contributed by atoms with Gasteiger partial charge in [0.15, 0.2) is 0 Å². The second kappa shape index (κ2) is 11.2. The van der Waals surface area contributed by atoms with Gasteiger partial charge in [-0.05, 0) is 50.3 Å². The van der Waals surface area contributed by atoms with Gasteiger partial charge in [0, 0.05) is 25.7 Å². The summed E-state index contributed by atoms with van der Waals surface area (Å²) in [4.78, 5) is 31.7. The third kappa shape index (κ3) is 6.70. The number of amides is 3. The van der Waals surface area contributed by atoms with Gasteiger partial charge < -0.3 is 20.9 Å². The van der Waals surface area contributed by atoms with E-state index in [2.05, 4.69) is 25.8 Å². The van der Waals surface area contributed by atoms with Crippen LogP contribution in [0.2, 0.25) is 0 Å². The molecule has 2 fully saturated rings. The van der Waals surface area contributed by atoms with Crippen molar-refractivity contribution in [3.8, 4) is 0 Å². The lowest BCUT2D eigenvalue weighted by Gasteiger charge is -2.34. The molecule has 1 aromatic heterocycles. The number of nitrogens with one attached hydrogen (secondary N) is 3. The summed E-state index contributed by atoms with van der Waals surface area (Å²) in [7, 11) is 0. The Morgan fingerprint density at radius 1 is 1.00 bits per heavy atom. The maximum absolute atomic E-state index is 12.8. The molecule has 7 heteroatoms. The molecule has 1 atom stereocenters. The molecule has 1 aliphatic carbocycles. The van der Waals surface area contributed by atoms with Gasteiger partial charge in [0.25, 0.3) is 0 Å². The number of nitrogens with zero attached hydrogens (tertiary/aromatic N) is 2. The molecule has 33 heavy (non-hydrogen) atoms. The van der Waals surface area contributed by atoms with Crippen LogP contribution in [0.3, 0.4) is 0 Å². The molecule has 0 bridgehead atoms. The fourth-order valence-corrected chi connectivity index (χ4v) is 4.68. The largest absolute Gasteiger partial charge is 0.356 e. The quantitative estimate of drug-likeness (QED) is 0.611. The number of rotatable bonds is 6. The van der Waals surface area contributed by atoms with Gasteiger partial charge in [-0.3, -0.25) is 4.79 Å².